The number of aryl methyl sites for hydroxylation is 2. The lowest BCUT2D eigenvalue weighted by atomic mass is 9.94. The maximum atomic E-state index is 14.2. The van der Waals surface area contributed by atoms with Crippen LogP contribution in [0.3, 0.4) is 0 Å². The molecule has 0 spiro atoms. The van der Waals surface area contributed by atoms with E-state index in [2.05, 4.69) is 18.3 Å². The predicted molar refractivity (Wildman–Crippen MR) is 74.2 cm³/mol. The summed E-state index contributed by atoms with van der Waals surface area (Å²) < 4.78 is 14.2. The summed E-state index contributed by atoms with van der Waals surface area (Å²) in [7, 11) is 0. The van der Waals surface area contributed by atoms with Crippen molar-refractivity contribution >= 4 is 0 Å². The van der Waals surface area contributed by atoms with Crippen molar-refractivity contribution in [1.82, 2.24) is 5.32 Å². The molecule has 0 radical (unpaired) electrons. The summed E-state index contributed by atoms with van der Waals surface area (Å²) >= 11 is 0. The molecule has 1 aromatic carbocycles. The molecule has 0 amide bonds. The number of rotatable bonds is 6. The van der Waals surface area contributed by atoms with Crippen LogP contribution in [0.25, 0.3) is 0 Å². The maximum Gasteiger partial charge on any atom is 0.128 e. The predicted octanol–water partition coefficient (Wildman–Crippen LogP) is 4.28. The Balaban J connectivity index is 2.22. The molecule has 0 heterocycles. The third kappa shape index (κ3) is 3.32. The summed E-state index contributed by atoms with van der Waals surface area (Å²) in [6, 6.07) is 3.94. The highest BCUT2D eigenvalue weighted by Crippen LogP contribution is 2.39. The van der Waals surface area contributed by atoms with E-state index >= 15 is 0 Å². The SMILES string of the molecule is CCCNC(CC1CC1)c1c(C)cc(C)cc1F. The van der Waals surface area contributed by atoms with Crippen LogP contribution in [-0.4, -0.2) is 6.54 Å². The molecule has 1 nitrogen and oxygen atoms in total. The Morgan fingerprint density at radius 3 is 2.61 bits per heavy atom. The van der Waals surface area contributed by atoms with E-state index in [1.807, 2.05) is 13.8 Å². The van der Waals surface area contributed by atoms with Gasteiger partial charge in [0, 0.05) is 11.6 Å². The molecule has 1 atom stereocenters. The van der Waals surface area contributed by atoms with Crippen molar-refractivity contribution < 1.29 is 4.39 Å². The average Bonchev–Trinajstić information content (AvgIpc) is 3.08. The fourth-order valence-electron chi connectivity index (χ4n) is 2.68. The van der Waals surface area contributed by atoms with Crippen LogP contribution in [-0.2, 0) is 0 Å². The van der Waals surface area contributed by atoms with E-state index < -0.39 is 0 Å². The molecule has 1 aliphatic carbocycles. The van der Waals surface area contributed by atoms with Gasteiger partial charge in [-0.15, -0.1) is 0 Å². The third-order valence-corrected chi connectivity index (χ3v) is 3.74. The monoisotopic (exact) mass is 249 g/mol. The number of benzene rings is 1. The zero-order chi connectivity index (χ0) is 13.1. The highest BCUT2D eigenvalue weighted by atomic mass is 19.1. The van der Waals surface area contributed by atoms with Crippen molar-refractivity contribution in [2.45, 2.75) is 52.5 Å². The van der Waals surface area contributed by atoms with Crippen LogP contribution in [0.1, 0.15) is 55.3 Å². The van der Waals surface area contributed by atoms with Crippen molar-refractivity contribution in [3.8, 4) is 0 Å². The van der Waals surface area contributed by atoms with Crippen molar-refractivity contribution in [2.75, 3.05) is 6.54 Å². The molecule has 1 N–H and O–H groups in total. The summed E-state index contributed by atoms with van der Waals surface area (Å²) in [5, 5.41) is 3.52. The number of hydrogen-bond acceptors (Lipinski definition) is 1. The first-order valence-electron chi connectivity index (χ1n) is 7.11. The second-order valence-corrected chi connectivity index (χ2v) is 5.66. The molecule has 1 aromatic rings. The van der Waals surface area contributed by atoms with Gasteiger partial charge < -0.3 is 5.32 Å². The minimum Gasteiger partial charge on any atom is -0.310 e. The quantitative estimate of drug-likeness (QED) is 0.793. The normalized spacial score (nSPS) is 16.9. The van der Waals surface area contributed by atoms with E-state index in [4.69, 9.17) is 0 Å². The topological polar surface area (TPSA) is 12.0 Å². The summed E-state index contributed by atoms with van der Waals surface area (Å²) in [6.07, 6.45) is 4.81. The molecule has 0 aromatic heterocycles. The molecule has 1 saturated carbocycles. The van der Waals surface area contributed by atoms with E-state index in [1.54, 1.807) is 6.07 Å². The Labute approximate surface area is 110 Å². The molecule has 2 heteroatoms. The van der Waals surface area contributed by atoms with Crippen LogP contribution < -0.4 is 5.32 Å². The van der Waals surface area contributed by atoms with Gasteiger partial charge in [0.2, 0.25) is 0 Å². The number of nitrogens with one attached hydrogen (secondary N) is 1. The summed E-state index contributed by atoms with van der Waals surface area (Å²) in [4.78, 5) is 0. The van der Waals surface area contributed by atoms with E-state index in [9.17, 15) is 4.39 Å². The van der Waals surface area contributed by atoms with Gasteiger partial charge in [0.1, 0.15) is 5.82 Å². The Morgan fingerprint density at radius 2 is 2.06 bits per heavy atom. The molecule has 1 unspecified atom stereocenters. The van der Waals surface area contributed by atoms with Crippen LogP contribution in [0.5, 0.6) is 0 Å². The van der Waals surface area contributed by atoms with Crippen molar-refractivity contribution in [3.05, 3.63) is 34.6 Å². The fraction of sp³-hybridized carbons (Fsp3) is 0.625. The van der Waals surface area contributed by atoms with Crippen molar-refractivity contribution in [2.24, 2.45) is 5.92 Å². The molecule has 0 bridgehead atoms. The number of halogens is 1. The van der Waals surface area contributed by atoms with Gasteiger partial charge in [-0.05, 0) is 56.3 Å². The number of hydrogen-bond donors (Lipinski definition) is 1. The van der Waals surface area contributed by atoms with Crippen molar-refractivity contribution in [1.29, 1.82) is 0 Å². The zero-order valence-corrected chi connectivity index (χ0v) is 11.7. The molecular weight excluding hydrogens is 225 g/mol. The van der Waals surface area contributed by atoms with Gasteiger partial charge in [-0.1, -0.05) is 25.8 Å². The smallest absolute Gasteiger partial charge is 0.128 e. The Morgan fingerprint density at radius 1 is 1.33 bits per heavy atom. The second kappa shape index (κ2) is 5.83. The maximum absolute atomic E-state index is 14.2. The zero-order valence-electron chi connectivity index (χ0n) is 11.7. The summed E-state index contributed by atoms with van der Waals surface area (Å²) in [5.41, 5.74) is 2.98. The largest absolute Gasteiger partial charge is 0.310 e. The molecule has 18 heavy (non-hydrogen) atoms. The lowest BCUT2D eigenvalue weighted by Gasteiger charge is -2.22. The van der Waals surface area contributed by atoms with E-state index in [-0.39, 0.29) is 11.9 Å². The lowest BCUT2D eigenvalue weighted by Crippen LogP contribution is -2.24. The minimum atomic E-state index is -0.0400. The van der Waals surface area contributed by atoms with Gasteiger partial charge in [0.15, 0.2) is 0 Å². The van der Waals surface area contributed by atoms with Crippen LogP contribution in [0.2, 0.25) is 0 Å². The standard InChI is InChI=1S/C16H24FN/c1-4-7-18-15(10-13-5-6-13)16-12(3)8-11(2)9-14(16)17/h8-9,13,15,18H,4-7,10H2,1-3H3. The highest BCUT2D eigenvalue weighted by molar-refractivity contribution is 5.34. The Bertz CT molecular complexity index is 387. The first kappa shape index (κ1) is 13.5. The summed E-state index contributed by atoms with van der Waals surface area (Å²) in [5.74, 6) is 0.765. The Kier molecular flexibility index (Phi) is 4.39. The first-order chi connectivity index (χ1) is 8.61. The van der Waals surface area contributed by atoms with Gasteiger partial charge in [0.05, 0.1) is 0 Å². The fourth-order valence-corrected chi connectivity index (χ4v) is 2.68. The molecule has 100 valence electrons. The lowest BCUT2D eigenvalue weighted by molar-refractivity contribution is 0.451. The van der Waals surface area contributed by atoms with Gasteiger partial charge in [-0.2, -0.15) is 0 Å². The molecule has 1 aliphatic rings. The van der Waals surface area contributed by atoms with Crippen molar-refractivity contribution in [3.63, 3.8) is 0 Å². The van der Waals surface area contributed by atoms with Crippen LogP contribution in [0, 0.1) is 25.6 Å². The van der Waals surface area contributed by atoms with E-state index in [1.165, 1.54) is 12.8 Å². The van der Waals surface area contributed by atoms with Crippen LogP contribution in [0.4, 0.5) is 4.39 Å². The second-order valence-electron chi connectivity index (χ2n) is 5.66. The molecule has 1 fully saturated rings. The van der Waals surface area contributed by atoms with Gasteiger partial charge in [-0.3, -0.25) is 0 Å². The molecular formula is C16H24FN. The van der Waals surface area contributed by atoms with Crippen LogP contribution in [0.15, 0.2) is 12.1 Å². The minimum absolute atomic E-state index is 0.0400. The third-order valence-electron chi connectivity index (χ3n) is 3.74. The van der Waals surface area contributed by atoms with Crippen LogP contribution >= 0.6 is 0 Å². The molecule has 0 saturated heterocycles. The van der Waals surface area contributed by atoms with Gasteiger partial charge >= 0.3 is 0 Å². The summed E-state index contributed by atoms with van der Waals surface area (Å²) in [6.45, 7) is 7.10. The highest BCUT2D eigenvalue weighted by Gasteiger charge is 2.28. The molecule has 0 aliphatic heterocycles. The Hall–Kier alpha value is -0.890. The first-order valence-corrected chi connectivity index (χ1v) is 7.11. The molecule has 2 rings (SSSR count). The van der Waals surface area contributed by atoms with Gasteiger partial charge in [0.25, 0.3) is 0 Å². The van der Waals surface area contributed by atoms with E-state index in [0.717, 1.165) is 42.0 Å². The van der Waals surface area contributed by atoms with E-state index in [0.29, 0.717) is 0 Å². The average molecular weight is 249 g/mol. The van der Waals surface area contributed by atoms with Gasteiger partial charge in [-0.25, -0.2) is 4.39 Å².